The molecule has 1 amide bonds. The average Bonchev–Trinajstić information content (AvgIpc) is 3.38. The summed E-state index contributed by atoms with van der Waals surface area (Å²) in [5.41, 5.74) is 3.92. The number of benzene rings is 1. The molecular weight excluding hydrogens is 552 g/mol. The van der Waals surface area contributed by atoms with Crippen LogP contribution in [0.25, 0.3) is 10.9 Å². The summed E-state index contributed by atoms with van der Waals surface area (Å²) in [5, 5.41) is 8.41. The zero-order valence-electron chi connectivity index (χ0n) is 22.9. The summed E-state index contributed by atoms with van der Waals surface area (Å²) in [6.07, 6.45) is 5.31. The summed E-state index contributed by atoms with van der Waals surface area (Å²) >= 11 is 7.28. The predicted octanol–water partition coefficient (Wildman–Crippen LogP) is 3.78. The smallest absolute Gasteiger partial charge is 0.281 e. The molecule has 0 bridgehead atoms. The normalized spacial score (nSPS) is 16.2. The van der Waals surface area contributed by atoms with Gasteiger partial charge in [-0.2, -0.15) is 5.10 Å². The number of ether oxygens (including phenoxy) is 1. The lowest BCUT2D eigenvalue weighted by Gasteiger charge is -2.34. The minimum atomic E-state index is -0.358. The van der Waals surface area contributed by atoms with Crippen molar-refractivity contribution in [2.24, 2.45) is 14.1 Å². The minimum Gasteiger partial charge on any atom is -0.377 e. The number of fused-ring (bicyclic) bond motifs is 1. The highest BCUT2D eigenvalue weighted by Gasteiger charge is 2.27. The molecule has 1 aliphatic rings. The fraction of sp³-hybridized carbons (Fsp3) is 0.370. The van der Waals surface area contributed by atoms with Crippen molar-refractivity contribution in [1.82, 2.24) is 29.0 Å². The van der Waals surface area contributed by atoms with Gasteiger partial charge in [0.1, 0.15) is 11.3 Å². The van der Waals surface area contributed by atoms with Crippen molar-refractivity contribution >= 4 is 52.0 Å². The van der Waals surface area contributed by atoms with E-state index in [0.29, 0.717) is 42.2 Å². The number of nitrogens with zero attached hydrogens (tertiary/aromatic N) is 6. The number of carbonyl (C=O) groups is 1. The monoisotopic (exact) mass is 582 g/mol. The van der Waals surface area contributed by atoms with E-state index in [-0.39, 0.29) is 34.5 Å². The minimum absolute atomic E-state index is 0.130. The second-order valence-corrected chi connectivity index (χ2v) is 10.8. The van der Waals surface area contributed by atoms with Gasteiger partial charge in [0.25, 0.3) is 11.5 Å². The Morgan fingerprint density at radius 2 is 2.05 bits per heavy atom. The number of anilines is 2. The number of morpholine rings is 1. The van der Waals surface area contributed by atoms with E-state index in [4.69, 9.17) is 21.3 Å². The Balaban J connectivity index is 1.54. The van der Waals surface area contributed by atoms with Gasteiger partial charge in [0.15, 0.2) is 5.69 Å². The van der Waals surface area contributed by atoms with Gasteiger partial charge in [-0.1, -0.05) is 29.6 Å². The van der Waals surface area contributed by atoms with Crippen molar-refractivity contribution in [3.8, 4) is 0 Å². The van der Waals surface area contributed by atoms with Crippen molar-refractivity contribution < 1.29 is 9.53 Å². The zero-order valence-corrected chi connectivity index (χ0v) is 24.5. The van der Waals surface area contributed by atoms with Crippen molar-refractivity contribution in [1.29, 1.82) is 0 Å². The quantitative estimate of drug-likeness (QED) is 0.248. The summed E-state index contributed by atoms with van der Waals surface area (Å²) in [5.74, 6) is 0.212. The van der Waals surface area contributed by atoms with Gasteiger partial charge in [-0.15, -0.1) is 0 Å². The van der Waals surface area contributed by atoms with Gasteiger partial charge in [-0.05, 0) is 37.6 Å². The standard InChI is InChI=1S/C27H31ClN8O3S/c1-15-10-18(16(2)30-20-6-7-22(28)31-24(20)25(37)33-40-5)23-19(11-15)26(38)35(4)27(32-23)36-8-9-39-21(14-36)17-12-29-34(3)13-17/h6-7,10-13,16,21,30H,8-9,14H2,1-5H3,(H,33,37). The van der Waals surface area contributed by atoms with E-state index in [1.165, 1.54) is 11.9 Å². The Bertz CT molecular complexity index is 1640. The maximum absolute atomic E-state index is 13.6. The van der Waals surface area contributed by atoms with Gasteiger partial charge >= 0.3 is 0 Å². The van der Waals surface area contributed by atoms with Gasteiger partial charge in [0.2, 0.25) is 5.95 Å². The van der Waals surface area contributed by atoms with Crippen LogP contribution in [-0.4, -0.2) is 56.2 Å². The van der Waals surface area contributed by atoms with Gasteiger partial charge in [0.05, 0.1) is 42.0 Å². The molecule has 0 radical (unpaired) electrons. The van der Waals surface area contributed by atoms with Crippen LogP contribution < -0.4 is 20.5 Å². The van der Waals surface area contributed by atoms with E-state index < -0.39 is 0 Å². The lowest BCUT2D eigenvalue weighted by atomic mass is 10.0. The number of hydrogen-bond donors (Lipinski definition) is 2. The molecule has 11 nitrogen and oxygen atoms in total. The molecule has 3 aromatic heterocycles. The summed E-state index contributed by atoms with van der Waals surface area (Å²) < 4.78 is 12.1. The second-order valence-electron chi connectivity index (χ2n) is 9.81. The number of hydrogen-bond acceptors (Lipinski definition) is 9. The number of carbonyl (C=O) groups excluding carboxylic acids is 1. The molecule has 40 heavy (non-hydrogen) atoms. The maximum atomic E-state index is 13.6. The van der Waals surface area contributed by atoms with Crippen LogP contribution in [0.3, 0.4) is 0 Å². The summed E-state index contributed by atoms with van der Waals surface area (Å²) in [4.78, 5) is 37.7. The molecule has 0 aliphatic carbocycles. The van der Waals surface area contributed by atoms with Crippen LogP contribution in [0.2, 0.25) is 5.15 Å². The number of aromatic nitrogens is 5. The van der Waals surface area contributed by atoms with Crippen LogP contribution in [0.1, 0.15) is 46.2 Å². The van der Waals surface area contributed by atoms with E-state index >= 15 is 0 Å². The number of rotatable bonds is 7. The number of nitrogens with one attached hydrogen (secondary N) is 2. The molecular formula is C27H31ClN8O3S. The molecule has 2 atom stereocenters. The summed E-state index contributed by atoms with van der Waals surface area (Å²) in [7, 11) is 3.62. The average molecular weight is 583 g/mol. The van der Waals surface area contributed by atoms with Crippen LogP contribution >= 0.6 is 23.5 Å². The third-order valence-electron chi connectivity index (χ3n) is 6.89. The van der Waals surface area contributed by atoms with E-state index in [1.807, 2.05) is 39.2 Å². The van der Waals surface area contributed by atoms with Crippen LogP contribution in [0.4, 0.5) is 11.6 Å². The van der Waals surface area contributed by atoms with E-state index in [1.54, 1.807) is 40.9 Å². The van der Waals surface area contributed by atoms with Crippen molar-refractivity contribution in [3.05, 3.63) is 74.6 Å². The largest absolute Gasteiger partial charge is 0.377 e. The molecule has 13 heteroatoms. The Kier molecular flexibility index (Phi) is 8.02. The summed E-state index contributed by atoms with van der Waals surface area (Å²) in [6, 6.07) is 6.92. The Morgan fingerprint density at radius 3 is 2.77 bits per heavy atom. The molecule has 0 spiro atoms. The first kappa shape index (κ1) is 27.9. The lowest BCUT2D eigenvalue weighted by molar-refractivity contribution is 0.0389. The molecule has 2 unspecified atom stereocenters. The number of aryl methyl sites for hydroxylation is 2. The first-order valence-electron chi connectivity index (χ1n) is 12.8. The highest BCUT2D eigenvalue weighted by molar-refractivity contribution is 7.97. The predicted molar refractivity (Wildman–Crippen MR) is 158 cm³/mol. The number of halogens is 1. The van der Waals surface area contributed by atoms with E-state index in [9.17, 15) is 9.59 Å². The van der Waals surface area contributed by atoms with E-state index in [0.717, 1.165) is 16.7 Å². The Hall–Kier alpha value is -3.61. The summed E-state index contributed by atoms with van der Waals surface area (Å²) in [6.45, 7) is 5.55. The molecule has 1 aromatic carbocycles. The van der Waals surface area contributed by atoms with Gasteiger partial charge in [0, 0.05) is 44.2 Å². The molecule has 1 saturated heterocycles. The molecule has 1 fully saturated rings. The van der Waals surface area contributed by atoms with Gasteiger partial charge in [-0.3, -0.25) is 23.6 Å². The van der Waals surface area contributed by atoms with Crippen molar-refractivity contribution in [3.63, 3.8) is 0 Å². The fourth-order valence-corrected chi connectivity index (χ4v) is 5.40. The second kappa shape index (κ2) is 11.5. The van der Waals surface area contributed by atoms with Crippen molar-refractivity contribution in [2.75, 3.05) is 36.2 Å². The van der Waals surface area contributed by atoms with Crippen LogP contribution in [0.15, 0.2) is 41.5 Å². The molecule has 2 N–H and O–H groups in total. The SMILES string of the molecule is CSNC(=O)c1nc(Cl)ccc1NC(C)c1cc(C)cc2c(=O)n(C)c(N3CCOC(c4cnn(C)c4)C3)nc12. The third-order valence-corrected chi connectivity index (χ3v) is 7.49. The highest BCUT2D eigenvalue weighted by Crippen LogP contribution is 2.30. The van der Waals surface area contributed by atoms with Crippen LogP contribution in [0, 0.1) is 6.92 Å². The molecule has 4 heterocycles. The maximum Gasteiger partial charge on any atom is 0.281 e. The zero-order chi connectivity index (χ0) is 28.6. The van der Waals surface area contributed by atoms with Gasteiger partial charge in [-0.25, -0.2) is 9.97 Å². The van der Waals surface area contributed by atoms with Crippen molar-refractivity contribution in [2.45, 2.75) is 26.0 Å². The molecule has 5 rings (SSSR count). The number of pyridine rings is 1. The first-order valence-corrected chi connectivity index (χ1v) is 14.4. The third kappa shape index (κ3) is 5.51. The topological polar surface area (TPSA) is 119 Å². The highest BCUT2D eigenvalue weighted by atomic mass is 35.5. The Labute approximate surface area is 241 Å². The molecule has 1 aliphatic heterocycles. The Morgan fingerprint density at radius 1 is 1.25 bits per heavy atom. The van der Waals surface area contributed by atoms with Crippen LogP contribution in [0.5, 0.6) is 0 Å². The molecule has 0 saturated carbocycles. The number of amides is 1. The lowest BCUT2D eigenvalue weighted by Crippen LogP contribution is -2.41. The van der Waals surface area contributed by atoms with Crippen LogP contribution in [-0.2, 0) is 18.8 Å². The first-order chi connectivity index (χ1) is 19.2. The van der Waals surface area contributed by atoms with E-state index in [2.05, 4.69) is 25.0 Å². The fourth-order valence-electron chi connectivity index (χ4n) is 4.97. The molecule has 4 aromatic rings. The van der Waals surface area contributed by atoms with Gasteiger partial charge < -0.3 is 15.0 Å². The molecule has 210 valence electrons.